The average molecular weight is 213 g/mol. The largest absolute Gasteiger partial charge is 0.340 e. The highest BCUT2D eigenvalue weighted by molar-refractivity contribution is 6.30. The average Bonchev–Trinajstić information content (AvgIpc) is 2.17. The molecule has 0 aliphatic rings. The standard InChI is InChI=1S/C10H13ClN2O/c1-3-6-13(2)10(14)9-7-8(11)4-5-12-9/h4-5,7H,3,6H2,1-2H3. The Morgan fingerprint density at radius 3 is 2.93 bits per heavy atom. The molecule has 0 unspecified atom stereocenters. The third-order valence-corrected chi connectivity index (χ3v) is 2.08. The van der Waals surface area contributed by atoms with Crippen molar-refractivity contribution in [2.24, 2.45) is 0 Å². The van der Waals surface area contributed by atoms with Crippen LogP contribution in [0.2, 0.25) is 5.02 Å². The number of carbonyl (C=O) groups excluding carboxylic acids is 1. The highest BCUT2D eigenvalue weighted by atomic mass is 35.5. The van der Waals surface area contributed by atoms with Gasteiger partial charge >= 0.3 is 0 Å². The normalized spacial score (nSPS) is 9.93. The van der Waals surface area contributed by atoms with Gasteiger partial charge in [0.2, 0.25) is 0 Å². The van der Waals surface area contributed by atoms with E-state index in [4.69, 9.17) is 11.6 Å². The van der Waals surface area contributed by atoms with E-state index >= 15 is 0 Å². The van der Waals surface area contributed by atoms with Gasteiger partial charge in [0.1, 0.15) is 5.69 Å². The number of nitrogens with zero attached hydrogens (tertiary/aromatic N) is 2. The van der Waals surface area contributed by atoms with Crippen LogP contribution < -0.4 is 0 Å². The van der Waals surface area contributed by atoms with E-state index in [-0.39, 0.29) is 5.91 Å². The van der Waals surface area contributed by atoms with Crippen LogP contribution in [0.15, 0.2) is 18.3 Å². The molecule has 0 spiro atoms. The van der Waals surface area contributed by atoms with E-state index in [1.165, 1.54) is 6.20 Å². The molecule has 0 aromatic carbocycles. The van der Waals surface area contributed by atoms with Crippen molar-refractivity contribution in [2.75, 3.05) is 13.6 Å². The van der Waals surface area contributed by atoms with Crippen molar-refractivity contribution in [2.45, 2.75) is 13.3 Å². The van der Waals surface area contributed by atoms with Gasteiger partial charge < -0.3 is 4.90 Å². The van der Waals surface area contributed by atoms with Crippen molar-refractivity contribution in [3.63, 3.8) is 0 Å². The Labute approximate surface area is 88.7 Å². The van der Waals surface area contributed by atoms with Crippen LogP contribution in [0.3, 0.4) is 0 Å². The fourth-order valence-corrected chi connectivity index (χ4v) is 1.31. The molecule has 0 aliphatic heterocycles. The number of halogens is 1. The topological polar surface area (TPSA) is 33.2 Å². The highest BCUT2D eigenvalue weighted by Crippen LogP contribution is 2.09. The summed E-state index contributed by atoms with van der Waals surface area (Å²) in [7, 11) is 1.76. The zero-order chi connectivity index (χ0) is 10.6. The summed E-state index contributed by atoms with van der Waals surface area (Å²) < 4.78 is 0. The first-order valence-electron chi connectivity index (χ1n) is 4.52. The first-order chi connectivity index (χ1) is 6.65. The zero-order valence-electron chi connectivity index (χ0n) is 8.33. The maximum Gasteiger partial charge on any atom is 0.272 e. The van der Waals surface area contributed by atoms with Crippen molar-refractivity contribution in [3.8, 4) is 0 Å². The van der Waals surface area contributed by atoms with Gasteiger partial charge in [0, 0.05) is 24.8 Å². The summed E-state index contributed by atoms with van der Waals surface area (Å²) in [5.41, 5.74) is 0.397. The Kier molecular flexibility index (Phi) is 3.89. The van der Waals surface area contributed by atoms with Crippen LogP contribution in [0.1, 0.15) is 23.8 Å². The second-order valence-electron chi connectivity index (χ2n) is 3.09. The van der Waals surface area contributed by atoms with E-state index in [2.05, 4.69) is 4.98 Å². The highest BCUT2D eigenvalue weighted by Gasteiger charge is 2.11. The van der Waals surface area contributed by atoms with Gasteiger partial charge in [-0.2, -0.15) is 0 Å². The molecule has 0 aliphatic carbocycles. The Bertz CT molecular complexity index is 328. The van der Waals surface area contributed by atoms with E-state index in [0.29, 0.717) is 10.7 Å². The Morgan fingerprint density at radius 1 is 1.64 bits per heavy atom. The van der Waals surface area contributed by atoms with Crippen LogP contribution in [0.4, 0.5) is 0 Å². The molecule has 0 atom stereocenters. The third-order valence-electron chi connectivity index (χ3n) is 1.85. The molecular formula is C10H13ClN2O. The lowest BCUT2D eigenvalue weighted by Crippen LogP contribution is -2.28. The number of amides is 1. The third kappa shape index (κ3) is 2.70. The van der Waals surface area contributed by atoms with Crippen molar-refractivity contribution >= 4 is 17.5 Å². The quantitative estimate of drug-likeness (QED) is 0.770. The Hall–Kier alpha value is -1.09. The van der Waals surface area contributed by atoms with E-state index in [0.717, 1.165) is 13.0 Å². The van der Waals surface area contributed by atoms with E-state index in [1.54, 1.807) is 24.1 Å². The van der Waals surface area contributed by atoms with Crippen molar-refractivity contribution in [1.29, 1.82) is 0 Å². The van der Waals surface area contributed by atoms with E-state index in [9.17, 15) is 4.79 Å². The van der Waals surface area contributed by atoms with Gasteiger partial charge in [-0.25, -0.2) is 0 Å². The number of aromatic nitrogens is 1. The minimum absolute atomic E-state index is 0.0886. The fraction of sp³-hybridized carbons (Fsp3) is 0.400. The molecule has 0 N–H and O–H groups in total. The molecule has 1 amide bonds. The lowest BCUT2D eigenvalue weighted by molar-refractivity contribution is 0.0789. The summed E-state index contributed by atoms with van der Waals surface area (Å²) in [6.45, 7) is 2.75. The van der Waals surface area contributed by atoms with E-state index in [1.807, 2.05) is 6.92 Å². The zero-order valence-corrected chi connectivity index (χ0v) is 9.08. The van der Waals surface area contributed by atoms with Crippen LogP contribution in [-0.4, -0.2) is 29.4 Å². The van der Waals surface area contributed by atoms with Crippen LogP contribution in [-0.2, 0) is 0 Å². The number of hydrogen-bond acceptors (Lipinski definition) is 2. The summed E-state index contributed by atoms with van der Waals surface area (Å²) in [5.74, 6) is -0.0886. The first-order valence-corrected chi connectivity index (χ1v) is 4.90. The van der Waals surface area contributed by atoms with Gasteiger partial charge in [-0.3, -0.25) is 9.78 Å². The van der Waals surface area contributed by atoms with Crippen LogP contribution in [0.25, 0.3) is 0 Å². The SMILES string of the molecule is CCCN(C)C(=O)c1cc(Cl)ccn1. The van der Waals surface area contributed by atoms with Crippen LogP contribution in [0.5, 0.6) is 0 Å². The molecule has 0 saturated heterocycles. The maximum atomic E-state index is 11.7. The molecule has 1 rings (SSSR count). The smallest absolute Gasteiger partial charge is 0.272 e. The summed E-state index contributed by atoms with van der Waals surface area (Å²) in [5, 5.41) is 0.535. The molecule has 0 saturated carbocycles. The number of carbonyl (C=O) groups is 1. The maximum absolute atomic E-state index is 11.7. The minimum atomic E-state index is -0.0886. The summed E-state index contributed by atoms with van der Waals surface area (Å²) in [4.78, 5) is 17.3. The molecular weight excluding hydrogens is 200 g/mol. The van der Waals surface area contributed by atoms with Crippen LogP contribution >= 0.6 is 11.6 Å². The Morgan fingerprint density at radius 2 is 2.36 bits per heavy atom. The van der Waals surface area contributed by atoms with Crippen molar-refractivity contribution in [1.82, 2.24) is 9.88 Å². The molecule has 1 aromatic heterocycles. The molecule has 3 nitrogen and oxygen atoms in total. The first kappa shape index (κ1) is 11.0. The number of pyridine rings is 1. The summed E-state index contributed by atoms with van der Waals surface area (Å²) in [6.07, 6.45) is 2.47. The molecule has 14 heavy (non-hydrogen) atoms. The molecule has 1 heterocycles. The number of hydrogen-bond donors (Lipinski definition) is 0. The van der Waals surface area contributed by atoms with Crippen molar-refractivity contribution in [3.05, 3.63) is 29.0 Å². The van der Waals surface area contributed by atoms with Gasteiger partial charge in [-0.05, 0) is 18.6 Å². The molecule has 4 heteroatoms. The van der Waals surface area contributed by atoms with Gasteiger partial charge in [-0.1, -0.05) is 18.5 Å². The summed E-state index contributed by atoms with van der Waals surface area (Å²) in [6, 6.07) is 3.23. The predicted octanol–water partition coefficient (Wildman–Crippen LogP) is 2.22. The molecule has 76 valence electrons. The number of rotatable bonds is 3. The van der Waals surface area contributed by atoms with Gasteiger partial charge in [-0.15, -0.1) is 0 Å². The Balaban J connectivity index is 2.78. The van der Waals surface area contributed by atoms with Crippen LogP contribution in [0, 0.1) is 0 Å². The second kappa shape index (κ2) is 4.96. The second-order valence-corrected chi connectivity index (χ2v) is 3.52. The predicted molar refractivity (Wildman–Crippen MR) is 56.5 cm³/mol. The lowest BCUT2D eigenvalue weighted by Gasteiger charge is -2.15. The minimum Gasteiger partial charge on any atom is -0.340 e. The molecule has 1 aromatic rings. The van der Waals surface area contributed by atoms with Gasteiger partial charge in [0.05, 0.1) is 0 Å². The lowest BCUT2D eigenvalue weighted by atomic mass is 10.3. The molecule has 0 bridgehead atoms. The van der Waals surface area contributed by atoms with Gasteiger partial charge in [0.15, 0.2) is 0 Å². The molecule has 0 fully saturated rings. The summed E-state index contributed by atoms with van der Waals surface area (Å²) >= 11 is 5.76. The monoisotopic (exact) mass is 212 g/mol. The fourth-order valence-electron chi connectivity index (χ4n) is 1.15. The van der Waals surface area contributed by atoms with E-state index < -0.39 is 0 Å². The van der Waals surface area contributed by atoms with Crippen molar-refractivity contribution < 1.29 is 4.79 Å². The van der Waals surface area contributed by atoms with Gasteiger partial charge in [0.25, 0.3) is 5.91 Å². The molecule has 0 radical (unpaired) electrons.